The van der Waals surface area contributed by atoms with Gasteiger partial charge in [-0.2, -0.15) is 0 Å². The predicted molar refractivity (Wildman–Crippen MR) is 146 cm³/mol. The minimum absolute atomic E-state index is 0.128. The lowest BCUT2D eigenvalue weighted by molar-refractivity contribution is -0.150. The van der Waals surface area contributed by atoms with Crippen molar-refractivity contribution in [2.75, 3.05) is 31.2 Å². The molecule has 3 aromatic rings. The van der Waals surface area contributed by atoms with Crippen molar-refractivity contribution in [2.45, 2.75) is 37.3 Å². The fourth-order valence-corrected chi connectivity index (χ4v) is 5.82. The SMILES string of the molecule is O=C(CCCN1CCC2(CC1)C(=O)N([C@H](C(=O)O)c1ccccc1)CN2c1ccccc1)c1ccccc1. The molecule has 0 bridgehead atoms. The number of benzene rings is 3. The van der Waals surface area contributed by atoms with Gasteiger partial charge in [0.2, 0.25) is 0 Å². The molecular formula is C31H33N3O4. The van der Waals surface area contributed by atoms with E-state index in [9.17, 15) is 19.5 Å². The Balaban J connectivity index is 1.31. The van der Waals surface area contributed by atoms with E-state index in [-0.39, 0.29) is 18.4 Å². The molecule has 196 valence electrons. The first kappa shape index (κ1) is 25.7. The maximum absolute atomic E-state index is 14.1. The van der Waals surface area contributed by atoms with Gasteiger partial charge in [0, 0.05) is 30.8 Å². The van der Waals surface area contributed by atoms with Gasteiger partial charge in [-0.1, -0.05) is 78.9 Å². The number of carbonyl (C=O) groups is 3. The Kier molecular flexibility index (Phi) is 7.56. The summed E-state index contributed by atoms with van der Waals surface area (Å²) >= 11 is 0. The van der Waals surface area contributed by atoms with Gasteiger partial charge in [0.15, 0.2) is 11.8 Å². The van der Waals surface area contributed by atoms with Crippen LogP contribution in [0.1, 0.15) is 47.6 Å². The summed E-state index contributed by atoms with van der Waals surface area (Å²) in [6, 6.07) is 27.1. The standard InChI is InChI=1S/C31H33N3O4/c35-27(24-11-4-1-5-12-24)17-10-20-32-21-18-31(19-22-32)30(38)33(23-34(31)26-15-8-3-9-16-26)28(29(36)37)25-13-6-2-7-14-25/h1-9,11-16,28H,10,17-23H2,(H,36,37)/t28-/m0/s1. The number of para-hydroxylation sites is 1. The first-order valence-electron chi connectivity index (χ1n) is 13.2. The van der Waals surface area contributed by atoms with Crippen molar-refractivity contribution in [1.29, 1.82) is 0 Å². The molecule has 7 heteroatoms. The van der Waals surface area contributed by atoms with Crippen molar-refractivity contribution < 1.29 is 19.5 Å². The molecule has 3 aromatic carbocycles. The van der Waals surface area contributed by atoms with Crippen LogP contribution in [-0.2, 0) is 9.59 Å². The minimum Gasteiger partial charge on any atom is -0.479 e. The summed E-state index contributed by atoms with van der Waals surface area (Å²) in [6.07, 6.45) is 2.46. The van der Waals surface area contributed by atoms with Gasteiger partial charge >= 0.3 is 5.97 Å². The zero-order valence-corrected chi connectivity index (χ0v) is 21.4. The summed E-state index contributed by atoms with van der Waals surface area (Å²) < 4.78 is 0. The van der Waals surface area contributed by atoms with Crippen LogP contribution in [0.15, 0.2) is 91.0 Å². The highest BCUT2D eigenvalue weighted by Gasteiger charge is 2.56. The van der Waals surface area contributed by atoms with Crippen LogP contribution >= 0.6 is 0 Å². The molecule has 1 amide bonds. The molecule has 0 aromatic heterocycles. The Labute approximate surface area is 223 Å². The Bertz CT molecular complexity index is 1260. The normalized spacial score (nSPS) is 18.1. The van der Waals surface area contributed by atoms with E-state index in [4.69, 9.17) is 0 Å². The predicted octanol–water partition coefficient (Wildman–Crippen LogP) is 4.62. The van der Waals surface area contributed by atoms with Crippen LogP contribution in [0, 0.1) is 0 Å². The Morgan fingerprint density at radius 3 is 2.03 bits per heavy atom. The van der Waals surface area contributed by atoms with Crippen molar-refractivity contribution in [3.63, 3.8) is 0 Å². The van der Waals surface area contributed by atoms with E-state index in [2.05, 4.69) is 9.80 Å². The van der Waals surface area contributed by atoms with E-state index in [0.717, 1.165) is 24.2 Å². The van der Waals surface area contributed by atoms with Gasteiger partial charge in [-0.3, -0.25) is 9.59 Å². The number of ketones is 1. The number of piperidine rings is 1. The second kappa shape index (κ2) is 11.2. The molecule has 1 spiro atoms. The highest BCUT2D eigenvalue weighted by atomic mass is 16.4. The van der Waals surface area contributed by atoms with E-state index in [1.54, 1.807) is 24.3 Å². The molecule has 2 fully saturated rings. The Morgan fingerprint density at radius 2 is 1.42 bits per heavy atom. The molecule has 7 nitrogen and oxygen atoms in total. The van der Waals surface area contributed by atoms with E-state index >= 15 is 0 Å². The molecule has 2 heterocycles. The maximum Gasteiger partial charge on any atom is 0.331 e. The van der Waals surface area contributed by atoms with Gasteiger partial charge < -0.3 is 19.8 Å². The van der Waals surface area contributed by atoms with E-state index in [0.29, 0.717) is 37.9 Å². The lowest BCUT2D eigenvalue weighted by Crippen LogP contribution is -2.56. The summed E-state index contributed by atoms with van der Waals surface area (Å²) in [5.74, 6) is -1.01. The molecule has 0 saturated carbocycles. The van der Waals surface area contributed by atoms with Gasteiger partial charge in [0.1, 0.15) is 5.54 Å². The molecule has 1 N–H and O–H groups in total. The van der Waals surface area contributed by atoms with Crippen molar-refractivity contribution in [3.05, 3.63) is 102 Å². The molecule has 2 aliphatic rings. The second-order valence-electron chi connectivity index (χ2n) is 10.1. The van der Waals surface area contributed by atoms with Crippen molar-refractivity contribution >= 4 is 23.3 Å². The molecular weight excluding hydrogens is 478 g/mol. The van der Waals surface area contributed by atoms with Crippen LogP contribution in [0.25, 0.3) is 0 Å². The van der Waals surface area contributed by atoms with Gasteiger partial charge in [-0.25, -0.2) is 4.79 Å². The molecule has 0 unspecified atom stereocenters. The van der Waals surface area contributed by atoms with Crippen LogP contribution in [-0.4, -0.2) is 64.4 Å². The monoisotopic (exact) mass is 511 g/mol. The maximum atomic E-state index is 14.1. The number of carboxylic acids is 1. The third kappa shape index (κ3) is 5.07. The summed E-state index contributed by atoms with van der Waals surface area (Å²) in [5, 5.41) is 10.2. The minimum atomic E-state index is -1.05. The molecule has 0 aliphatic carbocycles. The third-order valence-corrected chi connectivity index (χ3v) is 7.86. The topological polar surface area (TPSA) is 81.2 Å². The number of Topliss-reactive ketones (excluding diaryl/α,β-unsaturated/α-hetero) is 1. The number of hydrogen-bond donors (Lipinski definition) is 1. The largest absolute Gasteiger partial charge is 0.479 e. The summed E-state index contributed by atoms with van der Waals surface area (Å²) in [6.45, 7) is 2.44. The molecule has 38 heavy (non-hydrogen) atoms. The highest BCUT2D eigenvalue weighted by molar-refractivity contribution is 5.97. The third-order valence-electron chi connectivity index (χ3n) is 7.86. The summed E-state index contributed by atoms with van der Waals surface area (Å²) in [4.78, 5) is 45.0. The van der Waals surface area contributed by atoms with Crippen molar-refractivity contribution in [3.8, 4) is 0 Å². The summed E-state index contributed by atoms with van der Waals surface area (Å²) in [7, 11) is 0. The fourth-order valence-electron chi connectivity index (χ4n) is 5.82. The second-order valence-corrected chi connectivity index (χ2v) is 10.1. The smallest absolute Gasteiger partial charge is 0.331 e. The summed E-state index contributed by atoms with van der Waals surface area (Å²) in [5.41, 5.74) is 1.47. The van der Waals surface area contributed by atoms with E-state index < -0.39 is 17.6 Å². The van der Waals surface area contributed by atoms with Crippen LogP contribution in [0.2, 0.25) is 0 Å². The average molecular weight is 512 g/mol. The number of carbonyl (C=O) groups excluding carboxylic acids is 2. The number of amides is 1. The lowest BCUT2D eigenvalue weighted by Gasteiger charge is -2.43. The zero-order valence-electron chi connectivity index (χ0n) is 21.4. The number of aliphatic carboxylic acids is 1. The van der Waals surface area contributed by atoms with Crippen molar-refractivity contribution in [1.82, 2.24) is 9.80 Å². The van der Waals surface area contributed by atoms with Crippen LogP contribution in [0.3, 0.4) is 0 Å². The first-order valence-corrected chi connectivity index (χ1v) is 13.2. The van der Waals surface area contributed by atoms with Crippen molar-refractivity contribution in [2.24, 2.45) is 0 Å². The quantitative estimate of drug-likeness (QED) is 0.423. The number of nitrogens with zero attached hydrogens (tertiary/aromatic N) is 3. The van der Waals surface area contributed by atoms with Gasteiger partial charge in [0.25, 0.3) is 5.91 Å². The fraction of sp³-hybridized carbons (Fsp3) is 0.323. The van der Waals surface area contributed by atoms with Crippen LogP contribution in [0.4, 0.5) is 5.69 Å². The van der Waals surface area contributed by atoms with Crippen LogP contribution in [0.5, 0.6) is 0 Å². The lowest BCUT2D eigenvalue weighted by atomic mass is 9.85. The molecule has 1 atom stereocenters. The van der Waals surface area contributed by atoms with E-state index in [1.165, 1.54) is 4.90 Å². The molecule has 5 rings (SSSR count). The molecule has 0 radical (unpaired) electrons. The number of carboxylic acid groups (broad SMARTS) is 1. The highest BCUT2D eigenvalue weighted by Crippen LogP contribution is 2.42. The number of hydrogen-bond acceptors (Lipinski definition) is 5. The Hall–Kier alpha value is -3.97. The van der Waals surface area contributed by atoms with Gasteiger partial charge in [-0.05, 0) is 43.5 Å². The number of anilines is 1. The zero-order chi connectivity index (χ0) is 26.5. The average Bonchev–Trinajstić information content (AvgIpc) is 3.22. The van der Waals surface area contributed by atoms with E-state index in [1.807, 2.05) is 66.7 Å². The Morgan fingerprint density at radius 1 is 0.842 bits per heavy atom. The number of likely N-dealkylation sites (tertiary alicyclic amines) is 1. The number of rotatable bonds is 9. The van der Waals surface area contributed by atoms with Gasteiger partial charge in [0.05, 0.1) is 6.67 Å². The van der Waals surface area contributed by atoms with Gasteiger partial charge in [-0.15, -0.1) is 0 Å². The molecule has 2 saturated heterocycles. The first-order chi connectivity index (χ1) is 18.5. The molecule has 2 aliphatic heterocycles. The van der Waals surface area contributed by atoms with Crippen LogP contribution < -0.4 is 4.90 Å².